The molecule has 0 aliphatic carbocycles. The predicted molar refractivity (Wildman–Crippen MR) is 140 cm³/mol. The second-order valence-corrected chi connectivity index (χ2v) is 9.96. The van der Waals surface area contributed by atoms with Gasteiger partial charge in [-0.25, -0.2) is 0 Å². The maximum Gasteiger partial charge on any atom is 0.253 e. The molecule has 1 N–H and O–H groups in total. The molecule has 0 bridgehead atoms. The van der Waals surface area contributed by atoms with Crippen molar-refractivity contribution in [2.75, 3.05) is 31.1 Å². The van der Waals surface area contributed by atoms with Gasteiger partial charge in [-0.2, -0.15) is 0 Å². The number of likely N-dealkylation sites (tertiary alicyclic amines) is 1. The fraction of sp³-hybridized carbons (Fsp3) is 0.517. The van der Waals surface area contributed by atoms with E-state index in [1.807, 2.05) is 46.2 Å². The maximum absolute atomic E-state index is 13.1. The van der Waals surface area contributed by atoms with Crippen LogP contribution in [-0.2, 0) is 11.2 Å². The van der Waals surface area contributed by atoms with Crippen LogP contribution in [0.4, 0.5) is 5.69 Å². The number of aryl methyl sites for hydroxylation is 1. The molecule has 2 aromatic carbocycles. The molecule has 6 nitrogen and oxygen atoms in total. The lowest BCUT2D eigenvalue weighted by molar-refractivity contribution is -0.119. The third-order valence-electron chi connectivity index (χ3n) is 6.99. The first-order valence-electron chi connectivity index (χ1n) is 13.2. The highest BCUT2D eigenvalue weighted by atomic mass is 16.5. The predicted octanol–water partition coefficient (Wildman–Crippen LogP) is 4.82. The molecule has 2 aliphatic rings. The van der Waals surface area contributed by atoms with Gasteiger partial charge in [0.25, 0.3) is 5.91 Å². The average Bonchev–Trinajstić information content (AvgIpc) is 2.88. The number of ether oxygens (including phenoxy) is 1. The third-order valence-corrected chi connectivity index (χ3v) is 6.99. The molecule has 2 aromatic rings. The zero-order valence-electron chi connectivity index (χ0n) is 21.2. The Morgan fingerprint density at radius 1 is 1.00 bits per heavy atom. The van der Waals surface area contributed by atoms with Crippen molar-refractivity contribution in [2.45, 2.75) is 70.9 Å². The van der Waals surface area contributed by atoms with Crippen LogP contribution in [-0.4, -0.2) is 55.0 Å². The zero-order valence-corrected chi connectivity index (χ0v) is 21.2. The van der Waals surface area contributed by atoms with Crippen molar-refractivity contribution in [3.8, 4) is 5.75 Å². The standard InChI is InChI=1S/C29H39N3O3/c1-22(2)30-18-6-3-7-21-35-26-13-10-24(11-14-26)29(34)31-19-16-25(17-20-31)32-27-9-5-4-8-23(27)12-15-28(32)33/h4-5,8-11,13-14,22,25,30H,3,6-7,12,15-21H2,1-2H3. The van der Waals surface area contributed by atoms with E-state index in [2.05, 4.69) is 31.3 Å². The van der Waals surface area contributed by atoms with Crippen LogP contribution in [0, 0.1) is 0 Å². The summed E-state index contributed by atoms with van der Waals surface area (Å²) in [5.74, 6) is 1.07. The summed E-state index contributed by atoms with van der Waals surface area (Å²) in [7, 11) is 0. The molecular weight excluding hydrogens is 438 g/mol. The second kappa shape index (κ2) is 12.2. The van der Waals surface area contributed by atoms with E-state index >= 15 is 0 Å². The second-order valence-electron chi connectivity index (χ2n) is 9.96. The highest BCUT2D eigenvalue weighted by Gasteiger charge is 2.33. The number of hydrogen-bond acceptors (Lipinski definition) is 4. The van der Waals surface area contributed by atoms with Gasteiger partial charge in [0.1, 0.15) is 5.75 Å². The fourth-order valence-electron chi connectivity index (χ4n) is 5.04. The first-order valence-corrected chi connectivity index (χ1v) is 13.2. The smallest absolute Gasteiger partial charge is 0.253 e. The van der Waals surface area contributed by atoms with E-state index in [-0.39, 0.29) is 17.9 Å². The van der Waals surface area contributed by atoms with Crippen LogP contribution in [0.3, 0.4) is 0 Å². The van der Waals surface area contributed by atoms with E-state index in [0.717, 1.165) is 56.5 Å². The molecule has 1 saturated heterocycles. The van der Waals surface area contributed by atoms with Crippen LogP contribution in [0.2, 0.25) is 0 Å². The fourth-order valence-corrected chi connectivity index (χ4v) is 5.04. The Kier molecular flexibility index (Phi) is 8.80. The number of carbonyl (C=O) groups excluding carboxylic acids is 2. The molecule has 0 atom stereocenters. The molecule has 2 amide bonds. The van der Waals surface area contributed by atoms with Crippen molar-refractivity contribution < 1.29 is 14.3 Å². The van der Waals surface area contributed by atoms with Gasteiger partial charge >= 0.3 is 0 Å². The summed E-state index contributed by atoms with van der Waals surface area (Å²) < 4.78 is 5.85. The summed E-state index contributed by atoms with van der Waals surface area (Å²) in [5.41, 5.74) is 2.99. The molecule has 1 fully saturated rings. The van der Waals surface area contributed by atoms with Crippen LogP contribution < -0.4 is 15.0 Å². The summed E-state index contributed by atoms with van der Waals surface area (Å²) >= 11 is 0. The van der Waals surface area contributed by atoms with Gasteiger partial charge in [-0.3, -0.25) is 9.59 Å². The monoisotopic (exact) mass is 477 g/mol. The Morgan fingerprint density at radius 2 is 1.74 bits per heavy atom. The topological polar surface area (TPSA) is 61.9 Å². The number of amides is 2. The minimum absolute atomic E-state index is 0.0537. The van der Waals surface area contributed by atoms with Crippen molar-refractivity contribution in [1.82, 2.24) is 10.2 Å². The average molecular weight is 478 g/mol. The number of unbranched alkanes of at least 4 members (excludes halogenated alkanes) is 2. The quantitative estimate of drug-likeness (QED) is 0.499. The molecule has 4 rings (SSSR count). The molecular formula is C29H39N3O3. The minimum Gasteiger partial charge on any atom is -0.494 e. The van der Waals surface area contributed by atoms with Gasteiger partial charge in [0.05, 0.1) is 6.61 Å². The molecule has 0 radical (unpaired) electrons. The van der Waals surface area contributed by atoms with E-state index in [9.17, 15) is 9.59 Å². The summed E-state index contributed by atoms with van der Waals surface area (Å²) in [6.45, 7) is 7.40. The van der Waals surface area contributed by atoms with Crippen molar-refractivity contribution in [3.05, 3.63) is 59.7 Å². The Hall–Kier alpha value is -2.86. The molecule has 0 unspecified atom stereocenters. The highest BCUT2D eigenvalue weighted by molar-refractivity contribution is 5.97. The van der Waals surface area contributed by atoms with Crippen LogP contribution in [0.5, 0.6) is 5.75 Å². The van der Waals surface area contributed by atoms with Crippen molar-refractivity contribution >= 4 is 17.5 Å². The van der Waals surface area contributed by atoms with E-state index < -0.39 is 0 Å². The molecule has 2 heterocycles. The number of benzene rings is 2. The van der Waals surface area contributed by atoms with E-state index in [4.69, 9.17) is 4.74 Å². The van der Waals surface area contributed by atoms with Gasteiger partial charge in [0.2, 0.25) is 5.91 Å². The van der Waals surface area contributed by atoms with Gasteiger partial charge in [-0.1, -0.05) is 32.0 Å². The molecule has 0 saturated carbocycles. The number of nitrogens with one attached hydrogen (secondary N) is 1. The summed E-state index contributed by atoms with van der Waals surface area (Å²) in [5, 5.41) is 3.43. The number of fused-ring (bicyclic) bond motifs is 1. The van der Waals surface area contributed by atoms with E-state index in [1.165, 1.54) is 5.56 Å². The van der Waals surface area contributed by atoms with Crippen molar-refractivity contribution in [2.24, 2.45) is 0 Å². The Labute approximate surface area is 209 Å². The number of para-hydroxylation sites is 1. The zero-order chi connectivity index (χ0) is 24.6. The molecule has 6 heteroatoms. The van der Waals surface area contributed by atoms with E-state index in [1.54, 1.807) is 0 Å². The van der Waals surface area contributed by atoms with Crippen LogP contribution >= 0.6 is 0 Å². The Bertz CT molecular complexity index is 981. The summed E-state index contributed by atoms with van der Waals surface area (Å²) in [6.07, 6.45) is 6.32. The van der Waals surface area contributed by atoms with Gasteiger partial charge in [-0.15, -0.1) is 0 Å². The molecule has 0 aromatic heterocycles. The lowest BCUT2D eigenvalue weighted by atomic mass is 9.95. The minimum atomic E-state index is 0.0537. The van der Waals surface area contributed by atoms with Gasteiger partial charge in [0.15, 0.2) is 0 Å². The number of nitrogens with zero attached hydrogens (tertiary/aromatic N) is 2. The van der Waals surface area contributed by atoms with Crippen LogP contribution in [0.1, 0.15) is 68.3 Å². The van der Waals surface area contributed by atoms with Gasteiger partial charge < -0.3 is 19.9 Å². The summed E-state index contributed by atoms with van der Waals surface area (Å²) in [4.78, 5) is 29.7. The first-order chi connectivity index (χ1) is 17.0. The summed E-state index contributed by atoms with van der Waals surface area (Å²) in [6, 6.07) is 16.4. The number of piperidine rings is 1. The third kappa shape index (κ3) is 6.63. The molecule has 188 valence electrons. The number of rotatable bonds is 10. The van der Waals surface area contributed by atoms with Gasteiger partial charge in [-0.05, 0) is 81.0 Å². The SMILES string of the molecule is CC(C)NCCCCCOc1ccc(C(=O)N2CCC(N3C(=O)CCc4ccccc43)CC2)cc1. The maximum atomic E-state index is 13.1. The number of hydrogen-bond donors (Lipinski definition) is 1. The molecule has 35 heavy (non-hydrogen) atoms. The highest BCUT2D eigenvalue weighted by Crippen LogP contribution is 2.32. The number of carbonyl (C=O) groups is 2. The molecule has 2 aliphatic heterocycles. The Morgan fingerprint density at radius 3 is 2.49 bits per heavy atom. The molecule has 0 spiro atoms. The van der Waals surface area contributed by atoms with Crippen molar-refractivity contribution in [3.63, 3.8) is 0 Å². The number of anilines is 1. The van der Waals surface area contributed by atoms with Crippen molar-refractivity contribution in [1.29, 1.82) is 0 Å². The lowest BCUT2D eigenvalue weighted by Crippen LogP contribution is -2.50. The lowest BCUT2D eigenvalue weighted by Gasteiger charge is -2.41. The largest absolute Gasteiger partial charge is 0.494 e. The first kappa shape index (κ1) is 25.2. The van der Waals surface area contributed by atoms with Gasteiger partial charge in [0, 0.05) is 42.8 Å². The normalized spacial score (nSPS) is 16.5. The van der Waals surface area contributed by atoms with Crippen LogP contribution in [0.25, 0.3) is 0 Å². The van der Waals surface area contributed by atoms with E-state index in [0.29, 0.717) is 37.7 Å². The Balaban J connectivity index is 1.23. The van der Waals surface area contributed by atoms with Crippen LogP contribution in [0.15, 0.2) is 48.5 Å².